The predicted molar refractivity (Wildman–Crippen MR) is 82.4 cm³/mol. The van der Waals surface area contributed by atoms with Gasteiger partial charge in [-0.3, -0.25) is 9.78 Å². The van der Waals surface area contributed by atoms with Crippen molar-refractivity contribution in [2.45, 2.75) is 13.0 Å². The Balaban J connectivity index is 2.25. The molecule has 0 aliphatic heterocycles. The number of anilines is 1. The van der Waals surface area contributed by atoms with Crippen LogP contribution in [0, 0.1) is 11.3 Å². The van der Waals surface area contributed by atoms with Crippen LogP contribution in [0.1, 0.15) is 22.3 Å². The van der Waals surface area contributed by atoms with Gasteiger partial charge in [0.05, 0.1) is 17.5 Å². The largest absolute Gasteiger partial charge is 0.366 e. The van der Waals surface area contributed by atoms with E-state index in [-0.39, 0.29) is 0 Å². The number of carbonyl (C=O) groups is 1. The molecule has 21 heavy (non-hydrogen) atoms. The van der Waals surface area contributed by atoms with Crippen molar-refractivity contribution < 1.29 is 4.79 Å². The highest BCUT2D eigenvalue weighted by atomic mass is 35.5. The number of benzene rings is 1. The van der Waals surface area contributed by atoms with Crippen LogP contribution in [0.5, 0.6) is 0 Å². The molecule has 0 unspecified atom stereocenters. The van der Waals surface area contributed by atoms with Gasteiger partial charge in [-0.15, -0.1) is 0 Å². The second kappa shape index (κ2) is 7.41. The van der Waals surface area contributed by atoms with E-state index < -0.39 is 0 Å². The smallest absolute Gasteiger partial charge is 0.151 e. The van der Waals surface area contributed by atoms with Crippen molar-refractivity contribution in [3.05, 3.63) is 58.9 Å². The first kappa shape index (κ1) is 15.0. The van der Waals surface area contributed by atoms with E-state index in [1.54, 1.807) is 24.5 Å². The second-order valence-electron chi connectivity index (χ2n) is 4.51. The first-order chi connectivity index (χ1) is 10.2. The quantitative estimate of drug-likeness (QED) is 0.766. The van der Waals surface area contributed by atoms with Crippen molar-refractivity contribution >= 4 is 23.6 Å². The first-order valence-electron chi connectivity index (χ1n) is 6.50. The molecule has 1 aromatic carbocycles. The number of nitriles is 1. The molecule has 0 N–H and O–H groups in total. The molecule has 4 nitrogen and oxygen atoms in total. The van der Waals surface area contributed by atoms with E-state index in [1.807, 2.05) is 23.1 Å². The molecule has 0 atom stereocenters. The molecule has 0 spiro atoms. The van der Waals surface area contributed by atoms with Gasteiger partial charge in [-0.25, -0.2) is 0 Å². The molecule has 0 amide bonds. The van der Waals surface area contributed by atoms with Crippen molar-refractivity contribution in [2.24, 2.45) is 0 Å². The Kier molecular flexibility index (Phi) is 5.30. The molecule has 0 aliphatic rings. The number of nitrogens with zero attached hydrogens (tertiary/aromatic N) is 3. The van der Waals surface area contributed by atoms with Crippen LogP contribution in [0.4, 0.5) is 5.69 Å². The maximum absolute atomic E-state index is 10.8. The highest BCUT2D eigenvalue weighted by Gasteiger charge is 2.10. The number of carbonyl (C=O) groups excluding carboxylic acids is 1. The summed E-state index contributed by atoms with van der Waals surface area (Å²) in [4.78, 5) is 17.0. The zero-order valence-corrected chi connectivity index (χ0v) is 12.1. The normalized spacial score (nSPS) is 9.90. The molecule has 106 valence electrons. The van der Waals surface area contributed by atoms with Crippen molar-refractivity contribution in [2.75, 3.05) is 11.4 Å². The standard InChI is InChI=1S/C16H14ClN3O/c17-16-9-15(5-4-14(16)12-21)20(8-2-6-18)11-13-3-1-7-19-10-13/h1,3-5,7,9-10,12H,2,8,11H2. The Morgan fingerprint density at radius 2 is 2.24 bits per heavy atom. The average molecular weight is 300 g/mol. The molecule has 1 heterocycles. The summed E-state index contributed by atoms with van der Waals surface area (Å²) in [5.41, 5.74) is 2.39. The Labute approximate surface area is 128 Å². The number of hydrogen-bond donors (Lipinski definition) is 0. The number of pyridine rings is 1. The van der Waals surface area contributed by atoms with Gasteiger partial charge in [0.15, 0.2) is 6.29 Å². The third kappa shape index (κ3) is 4.04. The summed E-state index contributed by atoms with van der Waals surface area (Å²) >= 11 is 6.08. The minimum Gasteiger partial charge on any atom is -0.366 e. The lowest BCUT2D eigenvalue weighted by Crippen LogP contribution is -2.23. The van der Waals surface area contributed by atoms with E-state index in [0.29, 0.717) is 30.1 Å². The van der Waals surface area contributed by atoms with Crippen LogP contribution < -0.4 is 4.90 Å². The minimum absolute atomic E-state index is 0.410. The van der Waals surface area contributed by atoms with Crippen LogP contribution >= 0.6 is 11.6 Å². The fourth-order valence-corrected chi connectivity index (χ4v) is 2.22. The summed E-state index contributed by atoms with van der Waals surface area (Å²) in [5.74, 6) is 0. The molecule has 0 saturated heterocycles. The van der Waals surface area contributed by atoms with Gasteiger partial charge in [0, 0.05) is 36.7 Å². The van der Waals surface area contributed by atoms with Gasteiger partial charge < -0.3 is 4.90 Å². The number of rotatable bonds is 6. The minimum atomic E-state index is 0.410. The monoisotopic (exact) mass is 299 g/mol. The molecule has 0 saturated carbocycles. The fourth-order valence-electron chi connectivity index (χ4n) is 2.00. The Bertz CT molecular complexity index is 652. The maximum atomic E-state index is 10.8. The van der Waals surface area contributed by atoms with Crippen LogP contribution in [0.15, 0.2) is 42.7 Å². The lowest BCUT2D eigenvalue weighted by molar-refractivity contribution is 0.112. The van der Waals surface area contributed by atoms with Gasteiger partial charge >= 0.3 is 0 Å². The molecule has 0 aliphatic carbocycles. The molecule has 0 fully saturated rings. The van der Waals surface area contributed by atoms with E-state index in [2.05, 4.69) is 11.1 Å². The summed E-state index contributed by atoms with van der Waals surface area (Å²) in [7, 11) is 0. The Morgan fingerprint density at radius 3 is 2.86 bits per heavy atom. The fraction of sp³-hybridized carbons (Fsp3) is 0.188. The summed E-state index contributed by atoms with van der Waals surface area (Å²) in [5, 5.41) is 9.22. The van der Waals surface area contributed by atoms with Gasteiger partial charge in [0.2, 0.25) is 0 Å². The number of halogens is 1. The van der Waals surface area contributed by atoms with E-state index >= 15 is 0 Å². The molecule has 1 aromatic heterocycles. The lowest BCUT2D eigenvalue weighted by atomic mass is 10.2. The summed E-state index contributed by atoms with van der Waals surface area (Å²) in [6.07, 6.45) is 4.65. The number of aromatic nitrogens is 1. The van der Waals surface area contributed by atoms with Gasteiger partial charge in [-0.1, -0.05) is 17.7 Å². The third-order valence-electron chi connectivity index (χ3n) is 3.07. The van der Waals surface area contributed by atoms with Crippen molar-refractivity contribution in [1.29, 1.82) is 5.26 Å². The van der Waals surface area contributed by atoms with Crippen LogP contribution in [-0.4, -0.2) is 17.8 Å². The second-order valence-corrected chi connectivity index (χ2v) is 4.92. The molecule has 5 heteroatoms. The Hall–Kier alpha value is -2.38. The predicted octanol–water partition coefficient (Wildman–Crippen LogP) is 3.47. The number of hydrogen-bond acceptors (Lipinski definition) is 4. The van der Waals surface area contributed by atoms with E-state index in [0.717, 1.165) is 17.5 Å². The molecule has 2 aromatic rings. The summed E-state index contributed by atoms with van der Waals surface area (Å²) in [6, 6.07) is 11.3. The zero-order chi connectivity index (χ0) is 15.1. The summed E-state index contributed by atoms with van der Waals surface area (Å²) < 4.78 is 0. The summed E-state index contributed by atoms with van der Waals surface area (Å²) in [6.45, 7) is 1.22. The van der Waals surface area contributed by atoms with E-state index in [9.17, 15) is 4.79 Å². The highest BCUT2D eigenvalue weighted by Crippen LogP contribution is 2.24. The van der Waals surface area contributed by atoms with Gasteiger partial charge in [-0.05, 0) is 29.8 Å². The van der Waals surface area contributed by atoms with Crippen LogP contribution in [0.3, 0.4) is 0 Å². The molecule has 2 rings (SSSR count). The topological polar surface area (TPSA) is 57.0 Å². The molecular formula is C16H14ClN3O. The molecule has 0 radical (unpaired) electrons. The zero-order valence-electron chi connectivity index (χ0n) is 11.4. The van der Waals surface area contributed by atoms with Gasteiger partial charge in [0.25, 0.3) is 0 Å². The van der Waals surface area contributed by atoms with Crippen LogP contribution in [-0.2, 0) is 6.54 Å². The van der Waals surface area contributed by atoms with Crippen LogP contribution in [0.2, 0.25) is 5.02 Å². The van der Waals surface area contributed by atoms with Gasteiger partial charge in [-0.2, -0.15) is 5.26 Å². The van der Waals surface area contributed by atoms with Crippen LogP contribution in [0.25, 0.3) is 0 Å². The van der Waals surface area contributed by atoms with Gasteiger partial charge in [0.1, 0.15) is 0 Å². The van der Waals surface area contributed by atoms with E-state index in [4.69, 9.17) is 16.9 Å². The third-order valence-corrected chi connectivity index (χ3v) is 3.39. The first-order valence-corrected chi connectivity index (χ1v) is 6.88. The van der Waals surface area contributed by atoms with Crippen molar-refractivity contribution in [1.82, 2.24) is 4.98 Å². The lowest BCUT2D eigenvalue weighted by Gasteiger charge is -2.24. The molecular weight excluding hydrogens is 286 g/mol. The van der Waals surface area contributed by atoms with Crippen molar-refractivity contribution in [3.8, 4) is 6.07 Å². The SMILES string of the molecule is N#CCCN(Cc1cccnc1)c1ccc(C=O)c(Cl)c1. The average Bonchev–Trinajstić information content (AvgIpc) is 2.52. The Morgan fingerprint density at radius 1 is 1.38 bits per heavy atom. The highest BCUT2D eigenvalue weighted by molar-refractivity contribution is 6.33. The van der Waals surface area contributed by atoms with Crippen molar-refractivity contribution in [3.63, 3.8) is 0 Å². The molecule has 0 bridgehead atoms. The van der Waals surface area contributed by atoms with E-state index in [1.165, 1.54) is 0 Å². The maximum Gasteiger partial charge on any atom is 0.151 e. The number of aldehydes is 1.